The molecule has 0 aromatic heterocycles. The molecule has 37 heavy (non-hydrogen) atoms. The summed E-state index contributed by atoms with van der Waals surface area (Å²) in [6, 6.07) is 31.5. The largest absolute Gasteiger partial charge is 0.407 e. The van der Waals surface area contributed by atoms with Crippen molar-refractivity contribution in [1.29, 1.82) is 0 Å². The normalized spacial score (nSPS) is 18.7. The Morgan fingerprint density at radius 3 is 1.97 bits per heavy atom. The number of ketones is 1. The van der Waals surface area contributed by atoms with Gasteiger partial charge in [0.2, 0.25) is 0 Å². The molecule has 2 atom stereocenters. The molecule has 3 aromatic rings. The third-order valence-corrected chi connectivity index (χ3v) is 12.5. The Labute approximate surface area is 223 Å². The summed E-state index contributed by atoms with van der Waals surface area (Å²) in [4.78, 5) is 12.4. The molecular weight excluding hydrogens is 472 g/mol. The molecule has 1 aliphatic heterocycles. The van der Waals surface area contributed by atoms with E-state index in [0.717, 1.165) is 24.8 Å². The minimum atomic E-state index is -2.50. The maximum absolute atomic E-state index is 12.4. The fraction of sp³-hybridized carbons (Fsp3) is 0.364. The van der Waals surface area contributed by atoms with Gasteiger partial charge in [-0.05, 0) is 52.2 Å². The second-order valence-electron chi connectivity index (χ2n) is 11.1. The van der Waals surface area contributed by atoms with Crippen LogP contribution in [0.1, 0.15) is 52.0 Å². The highest BCUT2D eigenvalue weighted by Gasteiger charge is 2.50. The third-order valence-electron chi connectivity index (χ3n) is 7.42. The van der Waals surface area contributed by atoms with Crippen molar-refractivity contribution in [1.82, 2.24) is 0 Å². The Morgan fingerprint density at radius 2 is 1.46 bits per heavy atom. The van der Waals surface area contributed by atoms with E-state index in [-0.39, 0.29) is 16.9 Å². The van der Waals surface area contributed by atoms with Gasteiger partial charge in [0.15, 0.2) is 5.78 Å². The van der Waals surface area contributed by atoms with E-state index in [1.807, 2.05) is 36.4 Å². The van der Waals surface area contributed by atoms with Gasteiger partial charge >= 0.3 is 0 Å². The number of benzene rings is 3. The zero-order valence-corrected chi connectivity index (χ0v) is 23.4. The highest BCUT2D eigenvalue weighted by molar-refractivity contribution is 6.99. The van der Waals surface area contributed by atoms with Gasteiger partial charge in [0.1, 0.15) is 0 Å². The minimum absolute atomic E-state index is 0.0155. The van der Waals surface area contributed by atoms with Gasteiger partial charge in [-0.15, -0.1) is 0 Å². The zero-order valence-electron chi connectivity index (χ0n) is 22.4. The van der Waals surface area contributed by atoms with Gasteiger partial charge in [-0.2, -0.15) is 0 Å². The third kappa shape index (κ3) is 6.95. The smallest absolute Gasteiger partial charge is 0.261 e. The molecular formula is C33H40O3Si. The molecule has 1 fully saturated rings. The molecule has 0 aliphatic carbocycles. The first-order valence-electron chi connectivity index (χ1n) is 13.5. The topological polar surface area (TPSA) is 35.5 Å². The fourth-order valence-electron chi connectivity index (χ4n) is 5.44. The maximum Gasteiger partial charge on any atom is 0.261 e. The van der Waals surface area contributed by atoms with Gasteiger partial charge in [0, 0.05) is 19.6 Å². The molecule has 3 nitrogen and oxygen atoms in total. The van der Waals surface area contributed by atoms with Crippen LogP contribution in [-0.4, -0.2) is 33.4 Å². The first-order valence-corrected chi connectivity index (χ1v) is 15.4. The van der Waals surface area contributed by atoms with Gasteiger partial charge in [-0.3, -0.25) is 4.79 Å². The first-order chi connectivity index (χ1) is 17.9. The molecule has 0 saturated carbocycles. The Balaban J connectivity index is 1.34. The Hall–Kier alpha value is -2.79. The molecule has 194 valence electrons. The zero-order chi connectivity index (χ0) is 26.1. The van der Waals surface area contributed by atoms with Crippen LogP contribution in [-0.2, 0) is 14.0 Å². The number of ether oxygens (including phenoxy) is 1. The quantitative estimate of drug-likeness (QED) is 0.232. The lowest BCUT2D eigenvalue weighted by Crippen LogP contribution is -2.66. The monoisotopic (exact) mass is 512 g/mol. The number of allylic oxidation sites excluding steroid dienone is 1. The average Bonchev–Trinajstić information content (AvgIpc) is 2.92. The van der Waals surface area contributed by atoms with E-state index < -0.39 is 8.32 Å². The van der Waals surface area contributed by atoms with Crippen molar-refractivity contribution in [2.75, 3.05) is 13.2 Å². The van der Waals surface area contributed by atoms with Crippen molar-refractivity contribution in [2.45, 2.75) is 57.6 Å². The molecule has 0 unspecified atom stereocenters. The molecule has 0 bridgehead atoms. The molecule has 1 aliphatic rings. The summed E-state index contributed by atoms with van der Waals surface area (Å²) in [5.74, 6) is 0.590. The van der Waals surface area contributed by atoms with Crippen LogP contribution in [0, 0.1) is 5.92 Å². The van der Waals surface area contributed by atoms with Crippen molar-refractivity contribution in [2.24, 2.45) is 5.92 Å². The lowest BCUT2D eigenvalue weighted by Gasteiger charge is -2.43. The molecule has 0 spiro atoms. The van der Waals surface area contributed by atoms with Crippen LogP contribution in [0.5, 0.6) is 0 Å². The van der Waals surface area contributed by atoms with E-state index in [4.69, 9.17) is 9.16 Å². The number of carbonyl (C=O) groups is 1. The van der Waals surface area contributed by atoms with Gasteiger partial charge in [0.25, 0.3) is 8.32 Å². The number of hydrogen-bond acceptors (Lipinski definition) is 3. The van der Waals surface area contributed by atoms with E-state index in [1.54, 1.807) is 6.08 Å². The summed E-state index contributed by atoms with van der Waals surface area (Å²) in [5.41, 5.74) is 1.04. The van der Waals surface area contributed by atoms with Crippen LogP contribution in [0.3, 0.4) is 0 Å². The Bertz CT molecular complexity index is 1090. The van der Waals surface area contributed by atoms with Gasteiger partial charge in [-0.1, -0.05) is 118 Å². The van der Waals surface area contributed by atoms with E-state index in [0.29, 0.717) is 25.6 Å². The SMILES string of the molecule is CC(C)(C)[Si](OCC[C@H]1CC[C@@H](CC(=O)/C=C/c2ccccc2)OC1)(c1ccccc1)c1ccccc1. The van der Waals surface area contributed by atoms with Crippen LogP contribution in [0.4, 0.5) is 0 Å². The number of carbonyl (C=O) groups excluding carboxylic acids is 1. The van der Waals surface area contributed by atoms with Crippen molar-refractivity contribution in [3.8, 4) is 0 Å². The Kier molecular flexibility index (Phi) is 9.31. The summed E-state index contributed by atoms with van der Waals surface area (Å²) in [6.45, 7) is 8.36. The van der Waals surface area contributed by atoms with E-state index in [1.165, 1.54) is 10.4 Å². The Morgan fingerprint density at radius 1 is 0.892 bits per heavy atom. The van der Waals surface area contributed by atoms with Crippen molar-refractivity contribution < 1.29 is 14.0 Å². The summed E-state index contributed by atoms with van der Waals surface area (Å²) in [6.07, 6.45) is 7.01. The maximum atomic E-state index is 12.4. The molecule has 1 heterocycles. The van der Waals surface area contributed by atoms with Crippen molar-refractivity contribution in [3.05, 3.63) is 103 Å². The predicted octanol–water partition coefficient (Wildman–Crippen LogP) is 6.42. The summed E-state index contributed by atoms with van der Waals surface area (Å²) in [7, 11) is -2.50. The van der Waals surface area contributed by atoms with Crippen LogP contribution in [0.2, 0.25) is 5.04 Å². The first kappa shape index (κ1) is 27.2. The standard InChI is InChI=1S/C33H40O3Si/c1-33(2,3)37(31-15-9-5-10-16-31,32-17-11-6-12-18-32)36-24-23-28-20-22-30(35-26-28)25-29(34)21-19-27-13-7-4-8-14-27/h4-19,21,28,30H,20,22-26H2,1-3H3/b21-19+/t28-,30+/m1/s1. The molecule has 4 rings (SSSR count). The lowest BCUT2D eigenvalue weighted by atomic mass is 9.94. The highest BCUT2D eigenvalue weighted by atomic mass is 28.4. The molecule has 1 saturated heterocycles. The van der Waals surface area contributed by atoms with E-state index >= 15 is 0 Å². The molecule has 4 heteroatoms. The summed E-state index contributed by atoms with van der Waals surface area (Å²) >= 11 is 0. The second-order valence-corrected chi connectivity index (χ2v) is 15.4. The van der Waals surface area contributed by atoms with Gasteiger partial charge in [0.05, 0.1) is 6.10 Å². The second kappa shape index (κ2) is 12.6. The fourth-order valence-corrected chi connectivity index (χ4v) is 10.0. The van der Waals surface area contributed by atoms with Crippen LogP contribution in [0.15, 0.2) is 97.1 Å². The molecule has 0 radical (unpaired) electrons. The minimum Gasteiger partial charge on any atom is -0.407 e. The van der Waals surface area contributed by atoms with Crippen LogP contribution >= 0.6 is 0 Å². The van der Waals surface area contributed by atoms with Crippen molar-refractivity contribution in [3.63, 3.8) is 0 Å². The van der Waals surface area contributed by atoms with E-state index in [9.17, 15) is 4.79 Å². The summed E-state index contributed by atoms with van der Waals surface area (Å²) in [5, 5.41) is 2.61. The molecule has 0 amide bonds. The predicted molar refractivity (Wildman–Crippen MR) is 156 cm³/mol. The van der Waals surface area contributed by atoms with Crippen LogP contribution < -0.4 is 10.4 Å². The lowest BCUT2D eigenvalue weighted by molar-refractivity contribution is -0.119. The highest BCUT2D eigenvalue weighted by Crippen LogP contribution is 2.37. The van der Waals surface area contributed by atoms with Gasteiger partial charge in [-0.25, -0.2) is 0 Å². The number of rotatable bonds is 10. The van der Waals surface area contributed by atoms with Crippen molar-refractivity contribution >= 4 is 30.6 Å². The van der Waals surface area contributed by atoms with Gasteiger partial charge < -0.3 is 9.16 Å². The molecule has 3 aromatic carbocycles. The molecule has 0 N–H and O–H groups in total. The number of hydrogen-bond donors (Lipinski definition) is 0. The van der Waals surface area contributed by atoms with E-state index in [2.05, 4.69) is 81.4 Å². The van der Waals surface area contributed by atoms with Crippen LogP contribution in [0.25, 0.3) is 6.08 Å². The summed E-state index contributed by atoms with van der Waals surface area (Å²) < 4.78 is 13.2. The average molecular weight is 513 g/mol.